The summed E-state index contributed by atoms with van der Waals surface area (Å²) in [6.07, 6.45) is 2.39. The van der Waals surface area contributed by atoms with Gasteiger partial charge in [-0.25, -0.2) is 27.0 Å². The first-order chi connectivity index (χ1) is 21.2. The minimum Gasteiger partial charge on any atom is -0.488 e. The van der Waals surface area contributed by atoms with Crippen LogP contribution in [0, 0.1) is 17.5 Å². The summed E-state index contributed by atoms with van der Waals surface area (Å²) in [4.78, 5) is 17.8. The topological polar surface area (TPSA) is 66.9 Å². The molecule has 0 spiro atoms. The number of anilines is 1. The van der Waals surface area contributed by atoms with Crippen molar-refractivity contribution in [1.29, 1.82) is 0 Å². The van der Waals surface area contributed by atoms with E-state index in [9.17, 15) is 18.0 Å². The molecule has 0 aliphatic carbocycles. The summed E-state index contributed by atoms with van der Waals surface area (Å²) in [5.41, 5.74) is 2.60. The number of amides is 1. The average Bonchev–Trinajstić information content (AvgIpc) is 3.62. The van der Waals surface area contributed by atoms with Gasteiger partial charge in [0.1, 0.15) is 23.8 Å². The van der Waals surface area contributed by atoms with Crippen LogP contribution in [0.1, 0.15) is 23.2 Å². The Morgan fingerprint density at radius 3 is 2.14 bits per heavy atom. The number of benzene rings is 3. The smallest absolute Gasteiger partial charge is 0.257 e. The lowest BCUT2D eigenvalue weighted by Gasteiger charge is -2.18. The third-order valence-electron chi connectivity index (χ3n) is 7.50. The van der Waals surface area contributed by atoms with Gasteiger partial charge < -0.3 is 14.8 Å². The van der Waals surface area contributed by atoms with Gasteiger partial charge in [0.25, 0.3) is 5.91 Å². The number of ether oxygens (including phenoxy) is 2. The summed E-state index contributed by atoms with van der Waals surface area (Å²) in [7, 11) is 0. The Kier molecular flexibility index (Phi) is 8.95. The largest absolute Gasteiger partial charge is 0.488 e. The molecule has 3 heterocycles. The van der Waals surface area contributed by atoms with Crippen molar-refractivity contribution in [2.45, 2.75) is 25.0 Å². The van der Waals surface area contributed by atoms with Gasteiger partial charge in [0.15, 0.2) is 11.6 Å². The quantitative estimate of drug-likeness (QED) is 0.204. The number of hydrogen-bond donors (Lipinski definition) is 1. The molecule has 2 atom stereocenters. The monoisotopic (exact) mass is 642 g/mol. The van der Waals surface area contributed by atoms with Crippen LogP contribution in [0.2, 0.25) is 0 Å². The molecule has 44 heavy (non-hydrogen) atoms. The third-order valence-corrected chi connectivity index (χ3v) is 8.11. The lowest BCUT2D eigenvalue weighted by atomic mass is 10.0. The van der Waals surface area contributed by atoms with Crippen molar-refractivity contribution < 1.29 is 27.4 Å². The fourth-order valence-electron chi connectivity index (χ4n) is 5.21. The van der Waals surface area contributed by atoms with Gasteiger partial charge in [-0.3, -0.25) is 4.79 Å². The molecule has 0 bridgehead atoms. The summed E-state index contributed by atoms with van der Waals surface area (Å²) < 4.78 is 57.2. The molecule has 12 heteroatoms. The van der Waals surface area contributed by atoms with Gasteiger partial charge in [-0.1, -0.05) is 18.2 Å². The van der Waals surface area contributed by atoms with Crippen molar-refractivity contribution in [1.82, 2.24) is 13.8 Å². The van der Waals surface area contributed by atoms with Gasteiger partial charge in [0, 0.05) is 36.1 Å². The van der Waals surface area contributed by atoms with Crippen molar-refractivity contribution in [3.63, 3.8) is 0 Å². The number of carbonyl (C=O) groups excluding carboxylic acids is 1. The number of rotatable bonds is 8. The third kappa shape index (κ3) is 6.94. The molecule has 0 saturated carbocycles. The first-order valence-corrected chi connectivity index (χ1v) is 14.7. The second-order valence-corrected chi connectivity index (χ2v) is 11.6. The summed E-state index contributed by atoms with van der Waals surface area (Å²) in [5, 5.41) is 2.87. The predicted octanol–water partition coefficient (Wildman–Crippen LogP) is 7.30. The molecular weight excluding hydrogens is 616 g/mol. The molecular formula is C32H27Cl2F3N4O3. The molecule has 1 N–H and O–H groups in total. The predicted molar refractivity (Wildman–Crippen MR) is 162 cm³/mol. The standard InChI is InChI=1S/C32H27Cl2F3N4O3/c33-40-11-9-24(17-40)43-30-8-6-23(15-26(30)19-1-4-22(35)5-2-19)39-31(42)21-13-27(20-3-7-28(36)29(37)14-20)32(38-16-21)44-25-10-12-41(34)18-25/h1-8,13-16,24-25H,9-12,17-18H2,(H,39,42)/t24-,25-/m0/s1. The molecule has 1 aromatic heterocycles. The van der Waals surface area contributed by atoms with Crippen molar-refractivity contribution in [3.05, 3.63) is 95.9 Å². The van der Waals surface area contributed by atoms with E-state index in [2.05, 4.69) is 10.3 Å². The first kappa shape index (κ1) is 30.2. The number of hydrogen-bond acceptors (Lipinski definition) is 6. The number of aromatic nitrogens is 1. The van der Waals surface area contributed by atoms with Crippen LogP contribution in [0.25, 0.3) is 22.3 Å². The molecule has 2 aliphatic rings. The molecule has 228 valence electrons. The molecule has 6 rings (SSSR count). The SMILES string of the molecule is O=C(Nc1ccc(O[C@H]2CCN(Cl)C2)c(-c2ccc(F)cc2)c1)c1cnc(O[C@H]2CCN(Cl)C2)c(-c2ccc(F)c(F)c2)c1. The Morgan fingerprint density at radius 2 is 1.48 bits per heavy atom. The van der Waals surface area contributed by atoms with Crippen LogP contribution in [0.3, 0.4) is 0 Å². The van der Waals surface area contributed by atoms with Crippen LogP contribution < -0.4 is 14.8 Å². The van der Waals surface area contributed by atoms with E-state index in [0.29, 0.717) is 66.3 Å². The van der Waals surface area contributed by atoms with E-state index in [0.717, 1.165) is 18.6 Å². The van der Waals surface area contributed by atoms with E-state index < -0.39 is 17.5 Å². The molecule has 7 nitrogen and oxygen atoms in total. The van der Waals surface area contributed by atoms with E-state index in [1.54, 1.807) is 39.2 Å². The fourth-order valence-corrected chi connectivity index (χ4v) is 5.72. The molecule has 2 aliphatic heterocycles. The Morgan fingerprint density at radius 1 is 0.795 bits per heavy atom. The minimum atomic E-state index is -1.04. The van der Waals surface area contributed by atoms with E-state index in [4.69, 9.17) is 33.0 Å². The zero-order valence-electron chi connectivity index (χ0n) is 23.3. The second kappa shape index (κ2) is 13.0. The van der Waals surface area contributed by atoms with Crippen molar-refractivity contribution >= 4 is 35.1 Å². The van der Waals surface area contributed by atoms with Crippen molar-refractivity contribution in [2.75, 3.05) is 31.5 Å². The maximum absolute atomic E-state index is 14.2. The molecule has 1 amide bonds. The number of halogens is 5. The Labute approximate surface area is 262 Å². The van der Waals surface area contributed by atoms with Crippen LogP contribution in [-0.4, -0.2) is 58.1 Å². The minimum absolute atomic E-state index is 0.120. The van der Waals surface area contributed by atoms with Crippen LogP contribution in [0.15, 0.2) is 72.9 Å². The van der Waals surface area contributed by atoms with Gasteiger partial charge in [-0.15, -0.1) is 0 Å². The van der Waals surface area contributed by atoms with Gasteiger partial charge in [0.05, 0.1) is 18.7 Å². The highest BCUT2D eigenvalue weighted by Gasteiger charge is 2.26. The van der Waals surface area contributed by atoms with Gasteiger partial charge in [-0.2, -0.15) is 0 Å². The highest BCUT2D eigenvalue weighted by molar-refractivity contribution is 6.13. The van der Waals surface area contributed by atoms with Gasteiger partial charge in [0.2, 0.25) is 5.88 Å². The molecule has 0 unspecified atom stereocenters. The van der Waals surface area contributed by atoms with Crippen LogP contribution in [0.4, 0.5) is 18.9 Å². The molecule has 4 aromatic rings. The Bertz CT molecular complexity index is 1680. The molecule has 2 fully saturated rings. The number of nitrogens with zero attached hydrogens (tertiary/aromatic N) is 3. The van der Waals surface area contributed by atoms with Crippen LogP contribution in [0.5, 0.6) is 11.6 Å². The average molecular weight is 643 g/mol. The Balaban J connectivity index is 1.29. The number of pyridine rings is 1. The number of carbonyl (C=O) groups is 1. The van der Waals surface area contributed by atoms with E-state index in [1.165, 1.54) is 30.5 Å². The summed E-state index contributed by atoms with van der Waals surface area (Å²) in [5.74, 6) is -2.16. The van der Waals surface area contributed by atoms with Gasteiger partial charge in [-0.05, 0) is 96.1 Å². The number of nitrogens with one attached hydrogen (secondary N) is 1. The normalized spacial score (nSPS) is 18.8. The Hall–Kier alpha value is -3.83. The summed E-state index contributed by atoms with van der Waals surface area (Å²) in [6, 6.07) is 16.1. The zero-order valence-corrected chi connectivity index (χ0v) is 24.8. The summed E-state index contributed by atoms with van der Waals surface area (Å²) >= 11 is 12.2. The summed E-state index contributed by atoms with van der Waals surface area (Å²) in [6.45, 7) is 2.34. The molecule has 2 saturated heterocycles. The van der Waals surface area contributed by atoms with E-state index in [-0.39, 0.29) is 29.5 Å². The van der Waals surface area contributed by atoms with E-state index >= 15 is 0 Å². The van der Waals surface area contributed by atoms with Crippen LogP contribution >= 0.6 is 23.6 Å². The fraction of sp³-hybridized carbons (Fsp3) is 0.250. The van der Waals surface area contributed by atoms with E-state index in [1.807, 2.05) is 0 Å². The van der Waals surface area contributed by atoms with Crippen molar-refractivity contribution in [3.8, 4) is 33.9 Å². The molecule has 3 aromatic carbocycles. The molecule has 0 radical (unpaired) electrons. The van der Waals surface area contributed by atoms with Crippen LogP contribution in [-0.2, 0) is 0 Å². The van der Waals surface area contributed by atoms with Crippen molar-refractivity contribution in [2.24, 2.45) is 0 Å². The van der Waals surface area contributed by atoms with Gasteiger partial charge >= 0.3 is 0 Å². The first-order valence-electron chi connectivity index (χ1n) is 14.0. The highest BCUT2D eigenvalue weighted by atomic mass is 35.5. The lowest BCUT2D eigenvalue weighted by molar-refractivity contribution is 0.102. The maximum Gasteiger partial charge on any atom is 0.257 e. The lowest BCUT2D eigenvalue weighted by Crippen LogP contribution is -2.20. The zero-order chi connectivity index (χ0) is 30.8. The second-order valence-electron chi connectivity index (χ2n) is 10.7. The highest BCUT2D eigenvalue weighted by Crippen LogP contribution is 2.36. The maximum atomic E-state index is 14.2.